The molecular weight excluding hydrogens is 314 g/mol. The molecule has 0 saturated heterocycles. The van der Waals surface area contributed by atoms with Gasteiger partial charge in [0.05, 0.1) is 4.47 Å². The number of aromatic nitrogens is 1. The van der Waals surface area contributed by atoms with Crippen molar-refractivity contribution >= 4 is 32.5 Å². The van der Waals surface area contributed by atoms with E-state index in [2.05, 4.69) is 26.2 Å². The molecule has 0 spiro atoms. The van der Waals surface area contributed by atoms with Crippen molar-refractivity contribution in [3.63, 3.8) is 0 Å². The Morgan fingerprint density at radius 3 is 2.68 bits per heavy atom. The number of anilines is 1. The molecule has 5 heteroatoms. The number of benzene rings is 1. The highest BCUT2D eigenvalue weighted by Crippen LogP contribution is 2.38. The fraction of sp³-hybridized carbons (Fsp3) is 0.357. The highest BCUT2D eigenvalue weighted by molar-refractivity contribution is 9.10. The lowest BCUT2D eigenvalue weighted by molar-refractivity contribution is 0.585. The van der Waals surface area contributed by atoms with Crippen molar-refractivity contribution in [2.45, 2.75) is 25.7 Å². The summed E-state index contributed by atoms with van der Waals surface area (Å²) in [7, 11) is 1.78. The van der Waals surface area contributed by atoms with Crippen molar-refractivity contribution in [1.29, 1.82) is 0 Å². The molecule has 0 atom stereocenters. The van der Waals surface area contributed by atoms with Crippen molar-refractivity contribution < 1.29 is 8.78 Å². The van der Waals surface area contributed by atoms with E-state index in [1.165, 1.54) is 0 Å². The van der Waals surface area contributed by atoms with Crippen LogP contribution in [0.1, 0.15) is 24.1 Å². The number of nitrogens with zero attached hydrogens (tertiary/aromatic N) is 1. The van der Waals surface area contributed by atoms with Crippen LogP contribution in [-0.2, 0) is 12.8 Å². The molecule has 0 fully saturated rings. The fourth-order valence-corrected chi connectivity index (χ4v) is 3.27. The molecule has 1 heterocycles. The SMILES string of the molecule is CNc1c2c(nc3c(F)cc(F)c(Br)c13)CCCC2. The van der Waals surface area contributed by atoms with E-state index in [4.69, 9.17) is 0 Å². The van der Waals surface area contributed by atoms with Crippen molar-refractivity contribution in [3.8, 4) is 0 Å². The van der Waals surface area contributed by atoms with Crippen molar-refractivity contribution in [3.05, 3.63) is 33.4 Å². The van der Waals surface area contributed by atoms with Gasteiger partial charge in [-0.25, -0.2) is 13.8 Å². The normalized spacial score (nSPS) is 14.5. The third-order valence-corrected chi connectivity index (χ3v) is 4.41. The number of aryl methyl sites for hydroxylation is 1. The molecule has 0 amide bonds. The van der Waals surface area contributed by atoms with Crippen LogP contribution in [0.3, 0.4) is 0 Å². The minimum absolute atomic E-state index is 0.235. The Hall–Kier alpha value is -1.23. The van der Waals surface area contributed by atoms with Crippen LogP contribution in [0.15, 0.2) is 10.5 Å². The van der Waals surface area contributed by atoms with E-state index in [0.29, 0.717) is 5.39 Å². The van der Waals surface area contributed by atoms with Crippen molar-refractivity contribution in [2.75, 3.05) is 12.4 Å². The predicted octanol–water partition coefficient (Wildman–Crippen LogP) is 4.20. The minimum atomic E-state index is -0.611. The van der Waals surface area contributed by atoms with Crippen LogP contribution in [0, 0.1) is 11.6 Å². The van der Waals surface area contributed by atoms with E-state index >= 15 is 0 Å². The second-order valence-corrected chi connectivity index (χ2v) is 5.54. The summed E-state index contributed by atoms with van der Waals surface area (Å²) in [6.07, 6.45) is 3.91. The summed E-state index contributed by atoms with van der Waals surface area (Å²) >= 11 is 3.21. The van der Waals surface area contributed by atoms with Crippen LogP contribution in [0.5, 0.6) is 0 Å². The summed E-state index contributed by atoms with van der Waals surface area (Å²) in [5.41, 5.74) is 3.05. The first kappa shape index (κ1) is 12.8. The van der Waals surface area contributed by atoms with Crippen LogP contribution in [0.4, 0.5) is 14.5 Å². The fourth-order valence-electron chi connectivity index (χ4n) is 2.77. The van der Waals surface area contributed by atoms with Crippen LogP contribution < -0.4 is 5.32 Å². The molecule has 1 aromatic heterocycles. The highest BCUT2D eigenvalue weighted by atomic mass is 79.9. The van der Waals surface area contributed by atoms with E-state index in [0.717, 1.165) is 48.7 Å². The number of pyridine rings is 1. The molecule has 0 saturated carbocycles. The first-order valence-electron chi connectivity index (χ1n) is 6.30. The van der Waals surface area contributed by atoms with Crippen LogP contribution in [-0.4, -0.2) is 12.0 Å². The average molecular weight is 327 g/mol. The minimum Gasteiger partial charge on any atom is -0.387 e. The van der Waals surface area contributed by atoms with Gasteiger partial charge in [0.15, 0.2) is 5.82 Å². The monoisotopic (exact) mass is 326 g/mol. The van der Waals surface area contributed by atoms with Gasteiger partial charge in [0.2, 0.25) is 0 Å². The van der Waals surface area contributed by atoms with Gasteiger partial charge in [-0.15, -0.1) is 0 Å². The lowest BCUT2D eigenvalue weighted by Crippen LogP contribution is -2.10. The van der Waals surface area contributed by atoms with E-state index in [9.17, 15) is 8.78 Å². The maximum absolute atomic E-state index is 14.0. The molecule has 0 bridgehead atoms. The maximum Gasteiger partial charge on any atom is 0.152 e. The molecule has 1 aromatic carbocycles. The number of rotatable bonds is 1. The lowest BCUT2D eigenvalue weighted by Gasteiger charge is -2.21. The Morgan fingerprint density at radius 2 is 1.95 bits per heavy atom. The predicted molar refractivity (Wildman–Crippen MR) is 75.5 cm³/mol. The van der Waals surface area contributed by atoms with Gasteiger partial charge in [0, 0.05) is 29.9 Å². The molecule has 1 aliphatic carbocycles. The van der Waals surface area contributed by atoms with Crippen molar-refractivity contribution in [1.82, 2.24) is 4.98 Å². The zero-order valence-corrected chi connectivity index (χ0v) is 12.1. The van der Waals surface area contributed by atoms with Gasteiger partial charge in [0.25, 0.3) is 0 Å². The van der Waals surface area contributed by atoms with Crippen LogP contribution in [0.2, 0.25) is 0 Å². The lowest BCUT2D eigenvalue weighted by atomic mass is 9.92. The average Bonchev–Trinajstić information content (AvgIpc) is 2.42. The van der Waals surface area contributed by atoms with Gasteiger partial charge in [0.1, 0.15) is 11.3 Å². The molecule has 2 aromatic rings. The van der Waals surface area contributed by atoms with E-state index in [-0.39, 0.29) is 9.99 Å². The van der Waals surface area contributed by atoms with E-state index in [1.807, 2.05) is 0 Å². The summed E-state index contributed by atoms with van der Waals surface area (Å²) in [6.45, 7) is 0. The van der Waals surface area contributed by atoms with Crippen LogP contribution in [0.25, 0.3) is 10.9 Å². The number of halogens is 3. The first-order chi connectivity index (χ1) is 9.13. The molecule has 19 heavy (non-hydrogen) atoms. The molecule has 0 aliphatic heterocycles. The van der Waals surface area contributed by atoms with Gasteiger partial charge in [-0.1, -0.05) is 0 Å². The summed E-state index contributed by atoms with van der Waals surface area (Å²) in [5.74, 6) is -1.21. The Balaban J connectivity index is 2.47. The number of hydrogen-bond donors (Lipinski definition) is 1. The number of nitrogens with one attached hydrogen (secondary N) is 1. The summed E-state index contributed by atoms with van der Waals surface area (Å²) in [5, 5.41) is 3.59. The largest absolute Gasteiger partial charge is 0.387 e. The number of hydrogen-bond acceptors (Lipinski definition) is 2. The molecule has 100 valence electrons. The maximum atomic E-state index is 14.0. The molecule has 1 N–H and O–H groups in total. The van der Waals surface area contributed by atoms with E-state index in [1.54, 1.807) is 7.05 Å². The molecule has 2 nitrogen and oxygen atoms in total. The van der Waals surface area contributed by atoms with Gasteiger partial charge < -0.3 is 5.32 Å². The summed E-state index contributed by atoms with van der Waals surface area (Å²) in [4.78, 5) is 4.41. The van der Waals surface area contributed by atoms with Gasteiger partial charge in [-0.2, -0.15) is 0 Å². The van der Waals surface area contributed by atoms with E-state index < -0.39 is 11.6 Å². The molecule has 0 unspecified atom stereocenters. The van der Waals surface area contributed by atoms with Gasteiger partial charge >= 0.3 is 0 Å². The second-order valence-electron chi connectivity index (χ2n) is 4.75. The zero-order chi connectivity index (χ0) is 13.6. The standard InChI is InChI=1S/C14H13BrF2N2/c1-18-13-7-4-2-3-5-10(7)19-14-9(17)6-8(16)12(15)11(13)14/h6H,2-5H2,1H3,(H,18,19). The van der Waals surface area contributed by atoms with Gasteiger partial charge in [-0.05, 0) is 47.2 Å². The number of fused-ring (bicyclic) bond motifs is 2. The quantitative estimate of drug-likeness (QED) is 0.794. The first-order valence-corrected chi connectivity index (χ1v) is 7.09. The van der Waals surface area contributed by atoms with Crippen molar-refractivity contribution in [2.24, 2.45) is 0 Å². The van der Waals surface area contributed by atoms with Gasteiger partial charge in [-0.3, -0.25) is 0 Å². The highest BCUT2D eigenvalue weighted by Gasteiger charge is 2.22. The smallest absolute Gasteiger partial charge is 0.152 e. The Bertz CT molecular complexity index is 671. The third-order valence-electron chi connectivity index (χ3n) is 3.63. The van der Waals surface area contributed by atoms with Crippen LogP contribution >= 0.6 is 15.9 Å². The summed E-state index contributed by atoms with van der Waals surface area (Å²) in [6, 6.07) is 0.883. The summed E-state index contributed by atoms with van der Waals surface area (Å²) < 4.78 is 28.0. The molecule has 0 radical (unpaired) electrons. The molecular formula is C14H13BrF2N2. The molecule has 1 aliphatic rings. The Kier molecular flexibility index (Phi) is 3.17. The zero-order valence-electron chi connectivity index (χ0n) is 10.5. The Morgan fingerprint density at radius 1 is 1.21 bits per heavy atom. The molecule has 3 rings (SSSR count). The topological polar surface area (TPSA) is 24.9 Å². The Labute approximate surface area is 118 Å². The second kappa shape index (κ2) is 4.71. The third kappa shape index (κ3) is 1.91.